The third kappa shape index (κ3) is 3.57. The van der Waals surface area contributed by atoms with Gasteiger partial charge in [-0.3, -0.25) is 0 Å². The Kier molecular flexibility index (Phi) is 4.89. The molecule has 9 heteroatoms. The Labute approximate surface area is 199 Å². The van der Waals surface area contributed by atoms with Crippen molar-refractivity contribution in [3.05, 3.63) is 69.9 Å². The van der Waals surface area contributed by atoms with E-state index >= 15 is 0 Å². The fourth-order valence-electron chi connectivity index (χ4n) is 4.50. The number of aromatic nitrogens is 7. The zero-order valence-corrected chi connectivity index (χ0v) is 20.9. The summed E-state index contributed by atoms with van der Waals surface area (Å²) in [6, 6.07) is 4.00. The van der Waals surface area contributed by atoms with E-state index in [1.165, 1.54) is 11.1 Å². The zero-order valence-electron chi connectivity index (χ0n) is 20.9. The van der Waals surface area contributed by atoms with Gasteiger partial charge in [-0.1, -0.05) is 13.8 Å². The lowest BCUT2D eigenvalue weighted by Crippen LogP contribution is -2.28. The second kappa shape index (κ2) is 7.58. The van der Waals surface area contributed by atoms with E-state index in [-0.39, 0.29) is 5.41 Å². The van der Waals surface area contributed by atoms with Crippen LogP contribution in [-0.4, -0.2) is 52.3 Å². The molecule has 5 rings (SSSR count). The van der Waals surface area contributed by atoms with Crippen molar-refractivity contribution in [3.63, 3.8) is 0 Å². The number of likely N-dealkylation sites (N-methyl/N-ethyl adjacent to an activating group) is 1. The van der Waals surface area contributed by atoms with E-state index in [2.05, 4.69) is 48.1 Å². The zero-order chi connectivity index (χ0) is 24.4. The number of amidine groups is 1. The van der Waals surface area contributed by atoms with E-state index in [1.54, 1.807) is 9.36 Å². The summed E-state index contributed by atoms with van der Waals surface area (Å²) >= 11 is 0. The average Bonchev–Trinajstić information content (AvgIpc) is 3.35. The Hall–Kier alpha value is -3.88. The summed E-state index contributed by atoms with van der Waals surface area (Å²) in [5.74, 6) is 2.36. The summed E-state index contributed by atoms with van der Waals surface area (Å²) in [7, 11) is 2.03. The van der Waals surface area contributed by atoms with Crippen LogP contribution in [0.15, 0.2) is 46.2 Å². The number of allylic oxidation sites excluding steroid dienone is 3. The van der Waals surface area contributed by atoms with Gasteiger partial charge < -0.3 is 4.90 Å². The van der Waals surface area contributed by atoms with E-state index < -0.39 is 0 Å². The van der Waals surface area contributed by atoms with Crippen LogP contribution in [0.25, 0.3) is 18.0 Å². The van der Waals surface area contributed by atoms with Crippen molar-refractivity contribution >= 4 is 11.9 Å². The van der Waals surface area contributed by atoms with Gasteiger partial charge in [0.15, 0.2) is 5.82 Å². The maximum absolute atomic E-state index is 4.97. The van der Waals surface area contributed by atoms with Crippen LogP contribution >= 0.6 is 0 Å². The van der Waals surface area contributed by atoms with Gasteiger partial charge in [0.2, 0.25) is 0 Å². The number of nitrogens with zero attached hydrogens (tertiary/aromatic N) is 9. The summed E-state index contributed by atoms with van der Waals surface area (Å²) in [6.45, 7) is 14.3. The SMILES string of the molecule is CC1=CN(C)C2=N/C(=C\c3nc(-n4nc(C)cc4C)nc(-n4nc(C)cc4C)n3)C(C)(C)C2=C1. The normalized spacial score (nSPS) is 18.2. The molecular weight excluding hydrogens is 426 g/mol. The fraction of sp³-hybridized carbons (Fsp3) is 0.360. The van der Waals surface area contributed by atoms with Gasteiger partial charge in [-0.25, -0.2) is 14.4 Å². The Morgan fingerprint density at radius 3 is 1.88 bits per heavy atom. The summed E-state index contributed by atoms with van der Waals surface area (Å²) < 4.78 is 3.48. The molecule has 5 heterocycles. The topological polar surface area (TPSA) is 89.9 Å². The fourth-order valence-corrected chi connectivity index (χ4v) is 4.50. The highest BCUT2D eigenvalue weighted by atomic mass is 15.4. The molecule has 3 aromatic rings. The molecule has 0 N–H and O–H groups in total. The Morgan fingerprint density at radius 1 is 0.824 bits per heavy atom. The molecule has 174 valence electrons. The van der Waals surface area contributed by atoms with Crippen molar-refractivity contribution in [2.24, 2.45) is 10.4 Å². The monoisotopic (exact) mass is 455 g/mol. The van der Waals surface area contributed by atoms with Gasteiger partial charge in [0.05, 0.1) is 17.1 Å². The largest absolute Gasteiger partial charge is 0.336 e. The second-order valence-electron chi connectivity index (χ2n) is 9.60. The van der Waals surface area contributed by atoms with Crippen molar-refractivity contribution < 1.29 is 0 Å². The summed E-state index contributed by atoms with van der Waals surface area (Å²) in [5, 5.41) is 9.17. The minimum Gasteiger partial charge on any atom is -0.336 e. The van der Waals surface area contributed by atoms with Gasteiger partial charge >= 0.3 is 0 Å². The van der Waals surface area contributed by atoms with Gasteiger partial charge in [0, 0.05) is 41.7 Å². The molecule has 0 bridgehead atoms. The first-order valence-electron chi connectivity index (χ1n) is 11.3. The lowest BCUT2D eigenvalue weighted by atomic mass is 9.81. The van der Waals surface area contributed by atoms with E-state index in [4.69, 9.17) is 19.9 Å². The van der Waals surface area contributed by atoms with E-state index in [0.717, 1.165) is 34.3 Å². The number of hydrogen-bond acceptors (Lipinski definition) is 7. The highest BCUT2D eigenvalue weighted by Gasteiger charge is 2.39. The van der Waals surface area contributed by atoms with E-state index in [9.17, 15) is 0 Å². The molecule has 0 spiro atoms. The third-order valence-electron chi connectivity index (χ3n) is 6.18. The summed E-state index contributed by atoms with van der Waals surface area (Å²) in [6.07, 6.45) is 6.24. The van der Waals surface area contributed by atoms with Gasteiger partial charge in [0.25, 0.3) is 11.9 Å². The van der Waals surface area contributed by atoms with Crippen molar-refractivity contribution in [2.75, 3.05) is 7.05 Å². The van der Waals surface area contributed by atoms with Crippen molar-refractivity contribution in [2.45, 2.75) is 48.5 Å². The van der Waals surface area contributed by atoms with Crippen molar-refractivity contribution in [1.29, 1.82) is 0 Å². The Morgan fingerprint density at radius 2 is 1.38 bits per heavy atom. The predicted molar refractivity (Wildman–Crippen MR) is 132 cm³/mol. The molecule has 0 atom stereocenters. The highest BCUT2D eigenvalue weighted by molar-refractivity contribution is 6.05. The van der Waals surface area contributed by atoms with Crippen molar-refractivity contribution in [1.82, 2.24) is 39.4 Å². The molecule has 0 aliphatic carbocycles. The molecule has 3 aromatic heterocycles. The molecule has 34 heavy (non-hydrogen) atoms. The van der Waals surface area contributed by atoms with Crippen LogP contribution in [0.4, 0.5) is 0 Å². The van der Waals surface area contributed by atoms with E-state index in [1.807, 2.05) is 53.0 Å². The van der Waals surface area contributed by atoms with Crippen LogP contribution in [0.1, 0.15) is 49.4 Å². The van der Waals surface area contributed by atoms with Crippen LogP contribution in [0, 0.1) is 33.1 Å². The predicted octanol–water partition coefficient (Wildman–Crippen LogP) is 4.03. The number of hydrogen-bond donors (Lipinski definition) is 0. The maximum Gasteiger partial charge on any atom is 0.256 e. The van der Waals surface area contributed by atoms with Gasteiger partial charge in [-0.15, -0.1) is 0 Å². The van der Waals surface area contributed by atoms with Crippen LogP contribution in [0.5, 0.6) is 0 Å². The molecular formula is C25H29N9. The molecule has 9 nitrogen and oxygen atoms in total. The average molecular weight is 456 g/mol. The number of fused-ring (bicyclic) bond motifs is 1. The third-order valence-corrected chi connectivity index (χ3v) is 6.18. The van der Waals surface area contributed by atoms with Crippen LogP contribution in [0.3, 0.4) is 0 Å². The second-order valence-corrected chi connectivity index (χ2v) is 9.60. The molecule has 0 fully saturated rings. The molecule has 2 aliphatic rings. The minimum atomic E-state index is -0.289. The maximum atomic E-state index is 4.97. The molecule has 0 radical (unpaired) electrons. The van der Waals surface area contributed by atoms with E-state index in [0.29, 0.717) is 17.7 Å². The van der Waals surface area contributed by atoms with Crippen molar-refractivity contribution in [3.8, 4) is 11.9 Å². The lowest BCUT2D eigenvalue weighted by molar-refractivity contribution is 0.564. The standard InChI is InChI=1S/C25H29N9/c1-14-9-19-22(32(8)13-14)26-20(25(19,6)7)12-21-27-23(33-17(4)10-15(2)30-33)29-24(28-21)34-18(5)11-16(3)31-34/h9-13H,1-8H3/b20-12-. The smallest absolute Gasteiger partial charge is 0.256 e. The number of aryl methyl sites for hydroxylation is 4. The first-order chi connectivity index (χ1) is 16.0. The van der Waals surface area contributed by atoms with Gasteiger partial charge in [0.1, 0.15) is 5.84 Å². The first kappa shape index (κ1) is 21.9. The van der Waals surface area contributed by atoms with Gasteiger partial charge in [-0.2, -0.15) is 25.1 Å². The molecule has 2 aliphatic heterocycles. The number of aliphatic imine (C=N–C) groups is 1. The summed E-state index contributed by atoms with van der Waals surface area (Å²) in [4.78, 5) is 21.3. The first-order valence-corrected chi connectivity index (χ1v) is 11.3. The summed E-state index contributed by atoms with van der Waals surface area (Å²) in [5.41, 5.74) is 6.69. The Balaban J connectivity index is 1.69. The number of rotatable bonds is 3. The highest BCUT2D eigenvalue weighted by Crippen LogP contribution is 2.45. The molecule has 0 saturated carbocycles. The van der Waals surface area contributed by atoms with Crippen LogP contribution in [-0.2, 0) is 0 Å². The molecule has 0 unspecified atom stereocenters. The minimum absolute atomic E-state index is 0.289. The quantitative estimate of drug-likeness (QED) is 0.592. The molecule has 0 amide bonds. The van der Waals surface area contributed by atoms with Crippen LogP contribution in [0.2, 0.25) is 0 Å². The molecule has 0 aromatic carbocycles. The lowest BCUT2D eigenvalue weighted by Gasteiger charge is -2.27. The Bertz CT molecular complexity index is 1380. The van der Waals surface area contributed by atoms with Gasteiger partial charge in [-0.05, 0) is 58.4 Å². The molecule has 0 saturated heterocycles. The van der Waals surface area contributed by atoms with Crippen LogP contribution < -0.4 is 0 Å².